The number of benzene rings is 12. The van der Waals surface area contributed by atoms with E-state index < -0.39 is 0 Å². The molecule has 68 heavy (non-hydrogen) atoms. The third-order valence-corrected chi connectivity index (χ3v) is 13.7. The third kappa shape index (κ3) is 6.90. The van der Waals surface area contributed by atoms with E-state index in [1.165, 1.54) is 87.5 Å². The zero-order valence-corrected chi connectivity index (χ0v) is 37.3. The first-order valence-electron chi connectivity index (χ1n) is 23.4. The fourth-order valence-corrected chi connectivity index (χ4v) is 10.4. The first-order valence-corrected chi connectivity index (χ1v) is 23.4. The van der Waals surface area contributed by atoms with E-state index in [1.54, 1.807) is 0 Å². The molecule has 0 radical (unpaired) electrons. The molecule has 0 bridgehead atoms. The van der Waals surface area contributed by atoms with E-state index in [0.717, 1.165) is 33.9 Å². The topological polar surface area (TPSA) is 8.17 Å². The highest BCUT2D eigenvalue weighted by atomic mass is 15.1. The van der Waals surface area contributed by atoms with Gasteiger partial charge in [0.05, 0.1) is 11.0 Å². The van der Waals surface area contributed by atoms with Crippen LogP contribution in [0.15, 0.2) is 267 Å². The van der Waals surface area contributed by atoms with Crippen molar-refractivity contribution in [3.8, 4) is 50.2 Å². The van der Waals surface area contributed by atoms with Gasteiger partial charge < -0.3 is 9.47 Å². The maximum Gasteiger partial charge on any atom is 0.0547 e. The van der Waals surface area contributed by atoms with Crippen LogP contribution in [0.3, 0.4) is 0 Å². The van der Waals surface area contributed by atoms with E-state index in [-0.39, 0.29) is 0 Å². The van der Waals surface area contributed by atoms with Crippen molar-refractivity contribution >= 4 is 71.2 Å². The lowest BCUT2D eigenvalue weighted by molar-refractivity contribution is 1.18. The van der Waals surface area contributed by atoms with Crippen LogP contribution in [0.25, 0.3) is 104 Å². The van der Waals surface area contributed by atoms with E-state index in [1.807, 2.05) is 0 Å². The van der Waals surface area contributed by atoms with Gasteiger partial charge in [0.1, 0.15) is 0 Å². The average molecular weight is 865 g/mol. The monoisotopic (exact) mass is 864 g/mol. The highest BCUT2D eigenvalue weighted by Crippen LogP contribution is 2.42. The number of fused-ring (bicyclic) bond motifs is 7. The molecule has 0 fully saturated rings. The maximum absolute atomic E-state index is 2.41. The summed E-state index contributed by atoms with van der Waals surface area (Å²) in [5.41, 5.74) is 16.3. The summed E-state index contributed by atoms with van der Waals surface area (Å²) in [5.74, 6) is 0. The highest BCUT2D eigenvalue weighted by molar-refractivity contribution is 6.12. The van der Waals surface area contributed by atoms with Crippen molar-refractivity contribution in [2.24, 2.45) is 0 Å². The third-order valence-electron chi connectivity index (χ3n) is 13.7. The molecule has 13 rings (SSSR count). The van der Waals surface area contributed by atoms with Crippen LogP contribution in [-0.2, 0) is 0 Å². The van der Waals surface area contributed by atoms with Crippen molar-refractivity contribution < 1.29 is 0 Å². The second kappa shape index (κ2) is 16.5. The van der Waals surface area contributed by atoms with Gasteiger partial charge >= 0.3 is 0 Å². The summed E-state index contributed by atoms with van der Waals surface area (Å²) in [4.78, 5) is 2.41. The van der Waals surface area contributed by atoms with Crippen LogP contribution in [-0.4, -0.2) is 4.57 Å². The molecule has 0 saturated heterocycles. The van der Waals surface area contributed by atoms with Crippen molar-refractivity contribution in [2.75, 3.05) is 4.90 Å². The molecule has 13 aromatic rings. The number of anilines is 3. The zero-order valence-electron chi connectivity index (χ0n) is 37.3. The molecular weight excluding hydrogens is 821 g/mol. The normalized spacial score (nSPS) is 11.5. The van der Waals surface area contributed by atoms with Crippen LogP contribution in [0.5, 0.6) is 0 Å². The van der Waals surface area contributed by atoms with E-state index in [0.29, 0.717) is 0 Å². The molecule has 0 amide bonds. The molecule has 0 aliphatic heterocycles. The predicted molar refractivity (Wildman–Crippen MR) is 290 cm³/mol. The molecule has 0 saturated carbocycles. The summed E-state index contributed by atoms with van der Waals surface area (Å²) >= 11 is 0. The van der Waals surface area contributed by atoms with Crippen molar-refractivity contribution in [1.82, 2.24) is 4.57 Å². The smallest absolute Gasteiger partial charge is 0.0547 e. The Kier molecular flexibility index (Phi) is 9.54. The van der Waals surface area contributed by atoms with Crippen LogP contribution < -0.4 is 4.90 Å². The lowest BCUT2D eigenvalue weighted by Crippen LogP contribution is -2.10. The molecule has 0 N–H and O–H groups in total. The Morgan fingerprint density at radius 3 is 1.59 bits per heavy atom. The fourth-order valence-electron chi connectivity index (χ4n) is 10.4. The van der Waals surface area contributed by atoms with Gasteiger partial charge in [-0.25, -0.2) is 0 Å². The summed E-state index contributed by atoms with van der Waals surface area (Å²) in [6, 6.07) is 97.6. The van der Waals surface area contributed by atoms with Gasteiger partial charge in [0.2, 0.25) is 0 Å². The summed E-state index contributed by atoms with van der Waals surface area (Å²) in [7, 11) is 0. The van der Waals surface area contributed by atoms with Crippen molar-refractivity contribution in [3.05, 3.63) is 267 Å². The number of rotatable bonds is 8. The fraction of sp³-hybridized carbons (Fsp3) is 0. The molecule has 2 heteroatoms. The quantitative estimate of drug-likeness (QED) is 0.138. The summed E-state index contributed by atoms with van der Waals surface area (Å²) < 4.78 is 2.39. The van der Waals surface area contributed by atoms with Crippen molar-refractivity contribution in [1.29, 1.82) is 0 Å². The van der Waals surface area contributed by atoms with Crippen LogP contribution >= 0.6 is 0 Å². The SMILES string of the molecule is c1ccc(-n2c3ccccc3c3ccc(-c4cccc(N(c5ccc(-c6cccc(-c7ccc8ccccc8c7)c6)cc5)c5cccc(-c6cccc7c6ccc6ccccc67)c5)c4)cc32)cc1. The maximum atomic E-state index is 2.41. The standard InChI is InChI=1S/C66H44N2/c1-2-21-55(22-3-1)68-65-29-9-8-26-63(65)64-39-35-53(44-66(64)68)51-19-11-23-57(42-51)67(58-24-12-20-54(43-58)60-27-13-28-61-59-25-7-6-15-47(59)34-38-62(60)61)56-36-32-46(33-37-56)49-17-10-18-50(40-49)52-31-30-45-14-4-5-16-48(45)41-52/h1-44H. The van der Waals surface area contributed by atoms with E-state index in [2.05, 4.69) is 276 Å². The van der Waals surface area contributed by atoms with Gasteiger partial charge in [0.25, 0.3) is 0 Å². The molecule has 0 unspecified atom stereocenters. The summed E-state index contributed by atoms with van der Waals surface area (Å²) in [6.45, 7) is 0. The number of hydrogen-bond acceptors (Lipinski definition) is 1. The van der Waals surface area contributed by atoms with Gasteiger partial charge in [-0.05, 0) is 150 Å². The number of aromatic nitrogens is 1. The molecule has 0 atom stereocenters. The molecular formula is C66H44N2. The molecule has 0 spiro atoms. The molecule has 1 heterocycles. The summed E-state index contributed by atoms with van der Waals surface area (Å²) in [6.07, 6.45) is 0. The van der Waals surface area contributed by atoms with Crippen LogP contribution in [0, 0.1) is 0 Å². The minimum absolute atomic E-state index is 1.08. The van der Waals surface area contributed by atoms with Crippen molar-refractivity contribution in [2.45, 2.75) is 0 Å². The zero-order chi connectivity index (χ0) is 45.0. The van der Waals surface area contributed by atoms with Gasteiger partial charge in [0, 0.05) is 33.5 Å². The lowest BCUT2D eigenvalue weighted by atomic mass is 9.94. The van der Waals surface area contributed by atoms with E-state index in [9.17, 15) is 0 Å². The second-order valence-electron chi connectivity index (χ2n) is 17.7. The molecule has 318 valence electrons. The Bertz CT molecular complexity index is 4030. The predicted octanol–water partition coefficient (Wildman–Crippen LogP) is 18.4. The summed E-state index contributed by atoms with van der Waals surface area (Å²) in [5, 5.41) is 10.0. The molecule has 2 nitrogen and oxygen atoms in total. The average Bonchev–Trinajstić information content (AvgIpc) is 3.75. The van der Waals surface area contributed by atoms with Gasteiger partial charge in [-0.2, -0.15) is 0 Å². The van der Waals surface area contributed by atoms with Crippen LogP contribution in [0.4, 0.5) is 17.1 Å². The van der Waals surface area contributed by atoms with Crippen LogP contribution in [0.2, 0.25) is 0 Å². The van der Waals surface area contributed by atoms with Crippen molar-refractivity contribution in [3.63, 3.8) is 0 Å². The van der Waals surface area contributed by atoms with Gasteiger partial charge in [-0.15, -0.1) is 0 Å². The van der Waals surface area contributed by atoms with E-state index in [4.69, 9.17) is 0 Å². The Morgan fingerprint density at radius 2 is 0.765 bits per heavy atom. The van der Waals surface area contributed by atoms with Crippen LogP contribution in [0.1, 0.15) is 0 Å². The Morgan fingerprint density at radius 1 is 0.235 bits per heavy atom. The molecule has 0 aliphatic carbocycles. The highest BCUT2D eigenvalue weighted by Gasteiger charge is 2.18. The number of para-hydroxylation sites is 2. The molecule has 1 aromatic heterocycles. The second-order valence-corrected chi connectivity index (χ2v) is 17.7. The Balaban J connectivity index is 0.932. The minimum atomic E-state index is 1.08. The largest absolute Gasteiger partial charge is 0.310 e. The van der Waals surface area contributed by atoms with Gasteiger partial charge in [0.15, 0.2) is 0 Å². The Hall–Kier alpha value is -8.98. The number of nitrogens with zero attached hydrogens (tertiary/aromatic N) is 2. The molecule has 0 aliphatic rings. The van der Waals surface area contributed by atoms with Gasteiger partial charge in [-0.1, -0.05) is 194 Å². The first-order chi connectivity index (χ1) is 33.7. The first kappa shape index (κ1) is 39.4. The Labute approximate surface area is 395 Å². The van der Waals surface area contributed by atoms with Gasteiger partial charge in [-0.3, -0.25) is 0 Å². The molecule has 12 aromatic carbocycles. The lowest BCUT2D eigenvalue weighted by Gasteiger charge is -2.27. The van der Waals surface area contributed by atoms with E-state index >= 15 is 0 Å². The minimum Gasteiger partial charge on any atom is -0.310 e. The number of hydrogen-bond donors (Lipinski definition) is 0.